The number of nitrogens with zero attached hydrogens (tertiary/aromatic N) is 2. The molecule has 1 aliphatic rings. The monoisotopic (exact) mass is 267 g/mol. The minimum absolute atomic E-state index is 0.138. The van der Waals surface area contributed by atoms with Crippen molar-refractivity contribution in [1.29, 1.82) is 0 Å². The Bertz CT molecular complexity index is 424. The van der Waals surface area contributed by atoms with Crippen molar-refractivity contribution in [2.75, 3.05) is 19.6 Å². The van der Waals surface area contributed by atoms with E-state index in [1.165, 1.54) is 0 Å². The van der Waals surface area contributed by atoms with E-state index in [1.54, 1.807) is 18.3 Å². The number of nitrogens with one attached hydrogen (secondary N) is 1. The van der Waals surface area contributed by atoms with E-state index in [9.17, 15) is 4.79 Å². The van der Waals surface area contributed by atoms with Crippen molar-refractivity contribution in [3.63, 3.8) is 0 Å². The molecule has 1 aromatic rings. The van der Waals surface area contributed by atoms with E-state index < -0.39 is 0 Å². The lowest BCUT2D eigenvalue weighted by Gasteiger charge is -2.32. The van der Waals surface area contributed by atoms with E-state index in [0.717, 1.165) is 32.5 Å². The Morgan fingerprint density at radius 1 is 1.67 bits per heavy atom. The SMILES string of the molecule is CCN1CCCC(NC(=O)c2cc(Cl)ccn2)C1. The van der Waals surface area contributed by atoms with Gasteiger partial charge in [0.1, 0.15) is 5.69 Å². The van der Waals surface area contributed by atoms with Crippen molar-refractivity contribution in [3.05, 3.63) is 29.0 Å². The van der Waals surface area contributed by atoms with E-state index in [4.69, 9.17) is 11.6 Å². The van der Waals surface area contributed by atoms with Crippen molar-refractivity contribution in [1.82, 2.24) is 15.2 Å². The topological polar surface area (TPSA) is 45.2 Å². The van der Waals surface area contributed by atoms with Crippen LogP contribution in [0.1, 0.15) is 30.3 Å². The quantitative estimate of drug-likeness (QED) is 0.911. The minimum Gasteiger partial charge on any atom is -0.347 e. The second-order valence-electron chi connectivity index (χ2n) is 4.57. The highest BCUT2D eigenvalue weighted by Crippen LogP contribution is 2.11. The molecule has 0 radical (unpaired) electrons. The number of piperidine rings is 1. The van der Waals surface area contributed by atoms with Crippen molar-refractivity contribution >= 4 is 17.5 Å². The highest BCUT2D eigenvalue weighted by Gasteiger charge is 2.21. The van der Waals surface area contributed by atoms with Crippen LogP contribution in [0, 0.1) is 0 Å². The fourth-order valence-corrected chi connectivity index (χ4v) is 2.41. The number of pyridine rings is 1. The van der Waals surface area contributed by atoms with Crippen LogP contribution in [0.15, 0.2) is 18.3 Å². The summed E-state index contributed by atoms with van der Waals surface area (Å²) in [6, 6.07) is 3.47. The zero-order valence-corrected chi connectivity index (χ0v) is 11.3. The molecule has 1 unspecified atom stereocenters. The zero-order valence-electron chi connectivity index (χ0n) is 10.5. The Labute approximate surface area is 112 Å². The Morgan fingerprint density at radius 3 is 3.22 bits per heavy atom. The number of amides is 1. The number of carbonyl (C=O) groups excluding carboxylic acids is 1. The summed E-state index contributed by atoms with van der Waals surface area (Å²) in [4.78, 5) is 18.4. The highest BCUT2D eigenvalue weighted by atomic mass is 35.5. The first-order valence-corrected chi connectivity index (χ1v) is 6.71. The number of likely N-dealkylation sites (N-methyl/N-ethyl adjacent to an activating group) is 1. The minimum atomic E-state index is -0.138. The smallest absolute Gasteiger partial charge is 0.270 e. The van der Waals surface area contributed by atoms with E-state index in [2.05, 4.69) is 22.1 Å². The van der Waals surface area contributed by atoms with Crippen LogP contribution < -0.4 is 5.32 Å². The van der Waals surface area contributed by atoms with E-state index in [1.807, 2.05) is 0 Å². The van der Waals surface area contributed by atoms with E-state index >= 15 is 0 Å². The summed E-state index contributed by atoms with van der Waals surface area (Å²) >= 11 is 5.85. The predicted molar refractivity (Wildman–Crippen MR) is 71.8 cm³/mol. The average molecular weight is 268 g/mol. The van der Waals surface area contributed by atoms with Gasteiger partial charge in [-0.05, 0) is 38.1 Å². The number of halogens is 1. The number of rotatable bonds is 3. The first-order chi connectivity index (χ1) is 8.69. The van der Waals surface area contributed by atoms with Gasteiger partial charge in [-0.1, -0.05) is 18.5 Å². The lowest BCUT2D eigenvalue weighted by molar-refractivity contribution is 0.0901. The molecule has 0 saturated carbocycles. The standard InChI is InChI=1S/C13H18ClN3O/c1-2-17-7-3-4-11(9-17)16-13(18)12-8-10(14)5-6-15-12/h5-6,8,11H,2-4,7,9H2,1H3,(H,16,18). The third-order valence-corrected chi connectivity index (χ3v) is 3.48. The Hall–Kier alpha value is -1.13. The molecule has 4 nitrogen and oxygen atoms in total. The number of aromatic nitrogens is 1. The Kier molecular flexibility index (Phi) is 4.55. The van der Waals surface area contributed by atoms with Gasteiger partial charge in [-0.3, -0.25) is 9.78 Å². The molecule has 2 heterocycles. The molecule has 1 amide bonds. The van der Waals surface area contributed by atoms with Gasteiger partial charge in [0.05, 0.1) is 0 Å². The van der Waals surface area contributed by atoms with Gasteiger partial charge in [0, 0.05) is 23.8 Å². The van der Waals surface area contributed by atoms with E-state index in [-0.39, 0.29) is 11.9 Å². The van der Waals surface area contributed by atoms with Crippen LogP contribution in [-0.4, -0.2) is 41.5 Å². The van der Waals surface area contributed by atoms with Crippen molar-refractivity contribution in [2.24, 2.45) is 0 Å². The maximum Gasteiger partial charge on any atom is 0.270 e. The summed E-state index contributed by atoms with van der Waals surface area (Å²) < 4.78 is 0. The summed E-state index contributed by atoms with van der Waals surface area (Å²) in [5.74, 6) is -0.138. The molecule has 0 spiro atoms. The summed E-state index contributed by atoms with van der Waals surface area (Å²) in [6.07, 6.45) is 3.71. The van der Waals surface area contributed by atoms with Crippen LogP contribution in [0.4, 0.5) is 0 Å². The normalized spacial score (nSPS) is 20.7. The lowest BCUT2D eigenvalue weighted by Crippen LogP contribution is -2.47. The van der Waals surface area contributed by atoms with Crippen LogP contribution in [0.5, 0.6) is 0 Å². The van der Waals surface area contributed by atoms with Crippen LogP contribution in [-0.2, 0) is 0 Å². The molecule has 2 rings (SSSR count). The molecule has 0 aromatic carbocycles. The fraction of sp³-hybridized carbons (Fsp3) is 0.538. The Balaban J connectivity index is 1.95. The highest BCUT2D eigenvalue weighted by molar-refractivity contribution is 6.30. The van der Waals surface area contributed by atoms with Crippen molar-refractivity contribution in [2.45, 2.75) is 25.8 Å². The molecule has 1 fully saturated rings. The van der Waals surface area contributed by atoms with Gasteiger partial charge in [0.15, 0.2) is 0 Å². The zero-order chi connectivity index (χ0) is 13.0. The molecule has 18 heavy (non-hydrogen) atoms. The van der Waals surface area contributed by atoms with Gasteiger partial charge in [-0.2, -0.15) is 0 Å². The lowest BCUT2D eigenvalue weighted by atomic mass is 10.1. The molecule has 0 bridgehead atoms. The van der Waals surface area contributed by atoms with Gasteiger partial charge >= 0.3 is 0 Å². The molecule has 98 valence electrons. The number of likely N-dealkylation sites (tertiary alicyclic amines) is 1. The predicted octanol–water partition coefficient (Wildman–Crippen LogP) is 1.95. The maximum absolute atomic E-state index is 12.0. The van der Waals surface area contributed by atoms with Gasteiger partial charge < -0.3 is 10.2 Å². The molecular weight excluding hydrogens is 250 g/mol. The summed E-state index contributed by atoms with van der Waals surface area (Å²) in [5.41, 5.74) is 0.385. The van der Waals surface area contributed by atoms with Crippen LogP contribution in [0.3, 0.4) is 0 Å². The molecule has 1 aliphatic heterocycles. The molecule has 1 atom stereocenters. The van der Waals surface area contributed by atoms with Crippen molar-refractivity contribution in [3.8, 4) is 0 Å². The summed E-state index contributed by atoms with van der Waals surface area (Å²) in [7, 11) is 0. The molecule has 5 heteroatoms. The summed E-state index contributed by atoms with van der Waals surface area (Å²) in [5, 5.41) is 3.56. The molecule has 1 saturated heterocycles. The van der Waals surface area contributed by atoms with Gasteiger partial charge in [-0.15, -0.1) is 0 Å². The second-order valence-corrected chi connectivity index (χ2v) is 5.00. The second kappa shape index (κ2) is 6.16. The number of carbonyl (C=O) groups is 1. The van der Waals surface area contributed by atoms with Gasteiger partial charge in [-0.25, -0.2) is 0 Å². The van der Waals surface area contributed by atoms with Crippen LogP contribution in [0.25, 0.3) is 0 Å². The average Bonchev–Trinajstić information content (AvgIpc) is 2.39. The molecule has 0 aliphatic carbocycles. The number of hydrogen-bond acceptors (Lipinski definition) is 3. The number of hydrogen-bond donors (Lipinski definition) is 1. The van der Waals surface area contributed by atoms with E-state index in [0.29, 0.717) is 10.7 Å². The van der Waals surface area contributed by atoms with Gasteiger partial charge in [0.25, 0.3) is 5.91 Å². The van der Waals surface area contributed by atoms with Crippen molar-refractivity contribution < 1.29 is 4.79 Å². The third-order valence-electron chi connectivity index (χ3n) is 3.24. The molecular formula is C13H18ClN3O. The maximum atomic E-state index is 12.0. The Morgan fingerprint density at radius 2 is 2.50 bits per heavy atom. The van der Waals surface area contributed by atoms with Crippen LogP contribution in [0.2, 0.25) is 5.02 Å². The first-order valence-electron chi connectivity index (χ1n) is 6.34. The third kappa shape index (κ3) is 3.43. The molecule has 1 N–H and O–H groups in total. The van der Waals surface area contributed by atoms with Gasteiger partial charge in [0.2, 0.25) is 0 Å². The summed E-state index contributed by atoms with van der Waals surface area (Å²) in [6.45, 7) is 5.21. The molecule has 1 aromatic heterocycles. The largest absolute Gasteiger partial charge is 0.347 e. The van der Waals surface area contributed by atoms with Crippen LogP contribution >= 0.6 is 11.6 Å². The fourth-order valence-electron chi connectivity index (χ4n) is 2.25. The first kappa shape index (κ1) is 13.3.